The normalized spacial score (nSPS) is 14.8. The molecule has 1 fully saturated rings. The molecule has 19 heavy (non-hydrogen) atoms. The van der Waals surface area contributed by atoms with Crippen molar-refractivity contribution in [1.82, 2.24) is 5.32 Å². The number of carbonyl (C=O) groups is 2. The number of rotatable bonds is 4. The first-order chi connectivity index (χ1) is 8.97. The Balaban J connectivity index is 2.13. The summed E-state index contributed by atoms with van der Waals surface area (Å²) in [7, 11) is 0. The molecule has 0 aliphatic carbocycles. The minimum atomic E-state index is -0.724. The third kappa shape index (κ3) is 3.08. The van der Waals surface area contributed by atoms with Gasteiger partial charge in [0.05, 0.1) is 0 Å². The molecule has 0 bridgehead atoms. The third-order valence-corrected chi connectivity index (χ3v) is 3.24. The van der Waals surface area contributed by atoms with Crippen LogP contribution in [0.4, 0.5) is 10.1 Å². The van der Waals surface area contributed by atoms with Crippen molar-refractivity contribution < 1.29 is 14.0 Å². The maximum Gasteiger partial charge on any atom is 0.248 e. The van der Waals surface area contributed by atoms with Crippen molar-refractivity contribution in [1.29, 1.82) is 0 Å². The van der Waals surface area contributed by atoms with Crippen molar-refractivity contribution in [3.63, 3.8) is 0 Å². The van der Waals surface area contributed by atoms with E-state index in [0.29, 0.717) is 23.6 Å². The van der Waals surface area contributed by atoms with Crippen LogP contribution in [0.3, 0.4) is 0 Å². The number of nitrogens with two attached hydrogens (primary N) is 1. The third-order valence-electron chi connectivity index (χ3n) is 3.24. The second-order valence-corrected chi connectivity index (χ2v) is 4.77. The maximum absolute atomic E-state index is 13.6. The molecule has 2 amide bonds. The highest BCUT2D eigenvalue weighted by molar-refractivity contribution is 5.97. The van der Waals surface area contributed by atoms with Crippen LogP contribution in [0.5, 0.6) is 0 Å². The zero-order chi connectivity index (χ0) is 14.0. The fraction of sp³-hybridized carbons (Fsp3) is 0.385. The lowest BCUT2D eigenvalue weighted by Crippen LogP contribution is -2.43. The summed E-state index contributed by atoms with van der Waals surface area (Å²) in [6.07, 6.45) is 0.384. The molecule has 4 N–H and O–H groups in total. The van der Waals surface area contributed by atoms with E-state index < -0.39 is 11.7 Å². The van der Waals surface area contributed by atoms with Gasteiger partial charge in [0, 0.05) is 23.2 Å². The Bertz CT molecular complexity index is 527. The standard InChI is InChI=1S/C13H16FN3O2/c1-7-10(14)3-9(13(15)19)4-11(7)17-12(18)2-8-5-16-6-8/h3-4,8,16H,2,5-6H2,1H3,(H2,15,19)(H,17,18). The van der Waals surface area contributed by atoms with E-state index in [1.807, 2.05) is 0 Å². The van der Waals surface area contributed by atoms with E-state index in [-0.39, 0.29) is 11.5 Å². The number of hydrogen-bond acceptors (Lipinski definition) is 3. The molecule has 6 heteroatoms. The summed E-state index contributed by atoms with van der Waals surface area (Å²) in [6, 6.07) is 2.47. The lowest BCUT2D eigenvalue weighted by atomic mass is 9.99. The first-order valence-corrected chi connectivity index (χ1v) is 6.08. The average molecular weight is 265 g/mol. The van der Waals surface area contributed by atoms with Gasteiger partial charge in [0.25, 0.3) is 0 Å². The van der Waals surface area contributed by atoms with E-state index >= 15 is 0 Å². The second-order valence-electron chi connectivity index (χ2n) is 4.77. The lowest BCUT2D eigenvalue weighted by Gasteiger charge is -2.26. The molecule has 0 radical (unpaired) electrons. The molecule has 2 rings (SSSR count). The summed E-state index contributed by atoms with van der Waals surface area (Å²) < 4.78 is 13.6. The monoisotopic (exact) mass is 265 g/mol. The van der Waals surface area contributed by atoms with Crippen molar-refractivity contribution in [2.45, 2.75) is 13.3 Å². The van der Waals surface area contributed by atoms with Crippen molar-refractivity contribution >= 4 is 17.5 Å². The Labute approximate surface area is 110 Å². The van der Waals surface area contributed by atoms with Crippen LogP contribution in [0.25, 0.3) is 0 Å². The van der Waals surface area contributed by atoms with Crippen molar-refractivity contribution in [2.75, 3.05) is 18.4 Å². The van der Waals surface area contributed by atoms with Crippen LogP contribution < -0.4 is 16.4 Å². The number of amides is 2. The van der Waals surface area contributed by atoms with E-state index in [9.17, 15) is 14.0 Å². The molecule has 1 aromatic carbocycles. The first-order valence-electron chi connectivity index (χ1n) is 6.08. The number of halogens is 1. The Morgan fingerprint density at radius 3 is 2.68 bits per heavy atom. The number of primary amides is 1. The van der Waals surface area contributed by atoms with Gasteiger partial charge in [0.2, 0.25) is 11.8 Å². The highest BCUT2D eigenvalue weighted by Gasteiger charge is 2.21. The van der Waals surface area contributed by atoms with Gasteiger partial charge in [0.1, 0.15) is 5.82 Å². The van der Waals surface area contributed by atoms with Gasteiger partial charge in [-0.15, -0.1) is 0 Å². The van der Waals surface area contributed by atoms with Gasteiger partial charge < -0.3 is 16.4 Å². The van der Waals surface area contributed by atoms with Crippen molar-refractivity contribution in [3.8, 4) is 0 Å². The van der Waals surface area contributed by atoms with Gasteiger partial charge in [-0.05, 0) is 38.1 Å². The second kappa shape index (κ2) is 5.36. The van der Waals surface area contributed by atoms with E-state index in [2.05, 4.69) is 10.6 Å². The smallest absolute Gasteiger partial charge is 0.248 e. The summed E-state index contributed by atoms with van der Waals surface area (Å²) in [5, 5.41) is 5.70. The number of benzene rings is 1. The zero-order valence-corrected chi connectivity index (χ0v) is 10.6. The SMILES string of the molecule is Cc1c(F)cc(C(N)=O)cc1NC(=O)CC1CNC1. The van der Waals surface area contributed by atoms with E-state index in [1.54, 1.807) is 6.92 Å². The molecule has 5 nitrogen and oxygen atoms in total. The number of anilines is 1. The lowest BCUT2D eigenvalue weighted by molar-refractivity contribution is -0.117. The molecule has 1 aromatic rings. The van der Waals surface area contributed by atoms with Crippen LogP contribution in [-0.4, -0.2) is 24.9 Å². The summed E-state index contributed by atoms with van der Waals surface area (Å²) in [4.78, 5) is 22.9. The van der Waals surface area contributed by atoms with Gasteiger partial charge >= 0.3 is 0 Å². The molecule has 1 aliphatic heterocycles. The average Bonchev–Trinajstić information content (AvgIpc) is 2.29. The first kappa shape index (κ1) is 13.5. The highest BCUT2D eigenvalue weighted by Crippen LogP contribution is 2.21. The van der Waals surface area contributed by atoms with Crippen molar-refractivity contribution in [3.05, 3.63) is 29.1 Å². The molecule has 0 atom stereocenters. The van der Waals surface area contributed by atoms with Crippen molar-refractivity contribution in [2.24, 2.45) is 11.7 Å². The minimum Gasteiger partial charge on any atom is -0.366 e. The highest BCUT2D eigenvalue weighted by atomic mass is 19.1. The van der Waals surface area contributed by atoms with E-state index in [0.717, 1.165) is 19.2 Å². The summed E-state index contributed by atoms with van der Waals surface area (Å²) in [6.45, 7) is 3.19. The minimum absolute atomic E-state index is 0.0451. The number of nitrogens with one attached hydrogen (secondary N) is 2. The summed E-state index contributed by atoms with van der Waals surface area (Å²) in [5.41, 5.74) is 5.76. The molecule has 0 aromatic heterocycles. The Morgan fingerprint density at radius 1 is 1.47 bits per heavy atom. The van der Waals surface area contributed by atoms with Crippen LogP contribution in [0.1, 0.15) is 22.3 Å². The van der Waals surface area contributed by atoms with Crippen LogP contribution in [0.2, 0.25) is 0 Å². The molecular formula is C13H16FN3O2. The number of carbonyl (C=O) groups excluding carboxylic acids is 2. The Hall–Kier alpha value is -1.95. The van der Waals surface area contributed by atoms with Gasteiger partial charge in [-0.2, -0.15) is 0 Å². The quantitative estimate of drug-likeness (QED) is 0.752. The molecule has 0 saturated carbocycles. The largest absolute Gasteiger partial charge is 0.366 e. The number of hydrogen-bond donors (Lipinski definition) is 3. The van der Waals surface area contributed by atoms with Crippen LogP contribution in [-0.2, 0) is 4.79 Å². The molecule has 1 aliphatic rings. The predicted octanol–water partition coefficient (Wildman–Crippen LogP) is 0.781. The van der Waals surface area contributed by atoms with Crippen LogP contribution >= 0.6 is 0 Å². The maximum atomic E-state index is 13.6. The predicted molar refractivity (Wildman–Crippen MR) is 69.3 cm³/mol. The fourth-order valence-corrected chi connectivity index (χ4v) is 1.91. The van der Waals surface area contributed by atoms with E-state index in [1.165, 1.54) is 6.07 Å². The molecule has 0 spiro atoms. The molecule has 102 valence electrons. The van der Waals surface area contributed by atoms with Gasteiger partial charge in [-0.25, -0.2) is 4.39 Å². The molecule has 1 saturated heterocycles. The zero-order valence-electron chi connectivity index (χ0n) is 10.6. The molecule has 1 heterocycles. The van der Waals surface area contributed by atoms with Gasteiger partial charge in [-0.3, -0.25) is 9.59 Å². The molecular weight excluding hydrogens is 249 g/mol. The fourth-order valence-electron chi connectivity index (χ4n) is 1.91. The Kier molecular flexibility index (Phi) is 3.80. The molecule has 0 unspecified atom stereocenters. The Morgan fingerprint density at radius 2 is 2.16 bits per heavy atom. The van der Waals surface area contributed by atoms with Crippen LogP contribution in [0.15, 0.2) is 12.1 Å². The van der Waals surface area contributed by atoms with Gasteiger partial charge in [-0.1, -0.05) is 0 Å². The summed E-state index contributed by atoms with van der Waals surface area (Å²) in [5.74, 6) is -1.14. The van der Waals surface area contributed by atoms with Crippen LogP contribution in [0, 0.1) is 18.7 Å². The van der Waals surface area contributed by atoms with Gasteiger partial charge in [0.15, 0.2) is 0 Å². The summed E-state index contributed by atoms with van der Waals surface area (Å²) >= 11 is 0. The topological polar surface area (TPSA) is 84.2 Å². The van der Waals surface area contributed by atoms with E-state index in [4.69, 9.17) is 5.73 Å².